The van der Waals surface area contributed by atoms with Crippen LogP contribution in [0.15, 0.2) is 6.20 Å². The van der Waals surface area contributed by atoms with Crippen molar-refractivity contribution in [2.75, 3.05) is 0 Å². The molecule has 0 radical (unpaired) electrons. The van der Waals surface area contributed by atoms with Crippen molar-refractivity contribution in [3.63, 3.8) is 0 Å². The maximum atomic E-state index is 10.6. The first-order valence-electron chi connectivity index (χ1n) is 4.92. The van der Waals surface area contributed by atoms with Crippen molar-refractivity contribution >= 4 is 5.97 Å². The van der Waals surface area contributed by atoms with Crippen molar-refractivity contribution in [1.29, 1.82) is 0 Å². The van der Waals surface area contributed by atoms with E-state index in [0.717, 1.165) is 30.9 Å². The second-order valence-electron chi connectivity index (χ2n) is 3.99. The third-order valence-electron chi connectivity index (χ3n) is 2.71. The molecule has 0 fully saturated rings. The summed E-state index contributed by atoms with van der Waals surface area (Å²) in [7, 11) is 0. The number of rotatable bonds is 2. The molecule has 2 rings (SSSR count). The molecule has 0 amide bonds. The SMILES string of the molecule is CC1CCc2ncc(CC(=O)O)n2C1. The molecule has 0 spiro atoms. The van der Waals surface area contributed by atoms with Crippen molar-refractivity contribution in [3.8, 4) is 0 Å². The molecule has 2 heterocycles. The van der Waals surface area contributed by atoms with Crippen molar-refractivity contribution in [3.05, 3.63) is 17.7 Å². The van der Waals surface area contributed by atoms with Crippen LogP contribution in [0, 0.1) is 5.92 Å². The number of carboxylic acids is 1. The summed E-state index contributed by atoms with van der Waals surface area (Å²) in [5.74, 6) is 0.884. The molecule has 1 N–H and O–H groups in total. The van der Waals surface area contributed by atoms with E-state index in [4.69, 9.17) is 5.11 Å². The van der Waals surface area contributed by atoms with Gasteiger partial charge in [0.2, 0.25) is 0 Å². The number of fused-ring (bicyclic) bond motifs is 1. The summed E-state index contributed by atoms with van der Waals surface area (Å²) in [6, 6.07) is 0. The molecule has 14 heavy (non-hydrogen) atoms. The minimum Gasteiger partial charge on any atom is -0.481 e. The predicted octanol–water partition coefficient (Wildman–Crippen LogP) is 1.09. The average molecular weight is 194 g/mol. The molecule has 1 atom stereocenters. The van der Waals surface area contributed by atoms with Gasteiger partial charge in [-0.2, -0.15) is 0 Å². The first-order valence-corrected chi connectivity index (χ1v) is 4.92. The molecule has 4 heteroatoms. The normalized spacial score (nSPS) is 20.5. The Hall–Kier alpha value is -1.32. The second kappa shape index (κ2) is 3.44. The minimum absolute atomic E-state index is 0.0831. The van der Waals surface area contributed by atoms with E-state index in [1.165, 1.54) is 0 Å². The summed E-state index contributed by atoms with van der Waals surface area (Å²) in [6.07, 6.45) is 3.91. The van der Waals surface area contributed by atoms with Crippen LogP contribution in [0.1, 0.15) is 24.9 Å². The highest BCUT2D eigenvalue weighted by molar-refractivity contribution is 5.69. The van der Waals surface area contributed by atoms with Crippen molar-refractivity contribution in [2.24, 2.45) is 5.92 Å². The molecule has 1 aromatic rings. The summed E-state index contributed by atoms with van der Waals surface area (Å²) in [4.78, 5) is 14.8. The number of aryl methyl sites for hydroxylation is 1. The molecule has 0 saturated carbocycles. The zero-order valence-corrected chi connectivity index (χ0v) is 8.23. The fourth-order valence-corrected chi connectivity index (χ4v) is 1.95. The van der Waals surface area contributed by atoms with E-state index >= 15 is 0 Å². The van der Waals surface area contributed by atoms with Crippen LogP contribution in [0.5, 0.6) is 0 Å². The van der Waals surface area contributed by atoms with Crippen LogP contribution in [0.25, 0.3) is 0 Å². The summed E-state index contributed by atoms with van der Waals surface area (Å²) in [6.45, 7) is 3.10. The molecule has 0 saturated heterocycles. The van der Waals surface area contributed by atoms with Gasteiger partial charge in [0.15, 0.2) is 0 Å². The van der Waals surface area contributed by atoms with Gasteiger partial charge in [-0.15, -0.1) is 0 Å². The lowest BCUT2D eigenvalue weighted by Gasteiger charge is -2.21. The first-order chi connectivity index (χ1) is 6.66. The smallest absolute Gasteiger partial charge is 0.309 e. The lowest BCUT2D eigenvalue weighted by molar-refractivity contribution is -0.136. The van der Waals surface area contributed by atoms with Gasteiger partial charge in [0.25, 0.3) is 0 Å². The number of hydrogen-bond acceptors (Lipinski definition) is 2. The molecule has 1 aliphatic heterocycles. The Bertz CT molecular complexity index is 357. The van der Waals surface area contributed by atoms with Gasteiger partial charge < -0.3 is 9.67 Å². The maximum absolute atomic E-state index is 10.6. The molecule has 1 aromatic heterocycles. The highest BCUT2D eigenvalue weighted by atomic mass is 16.4. The highest BCUT2D eigenvalue weighted by Gasteiger charge is 2.19. The Morgan fingerprint density at radius 3 is 3.29 bits per heavy atom. The quantitative estimate of drug-likeness (QED) is 0.766. The monoisotopic (exact) mass is 194 g/mol. The van der Waals surface area contributed by atoms with Crippen molar-refractivity contribution < 1.29 is 9.90 Å². The Morgan fingerprint density at radius 2 is 2.57 bits per heavy atom. The Balaban J connectivity index is 2.26. The van der Waals surface area contributed by atoms with Gasteiger partial charge >= 0.3 is 5.97 Å². The average Bonchev–Trinajstić information content (AvgIpc) is 2.47. The number of nitrogens with zero attached hydrogens (tertiary/aromatic N) is 2. The van der Waals surface area contributed by atoms with E-state index in [-0.39, 0.29) is 6.42 Å². The molecular weight excluding hydrogens is 180 g/mol. The van der Waals surface area contributed by atoms with Crippen LogP contribution in [0.2, 0.25) is 0 Å². The molecule has 0 bridgehead atoms. The topological polar surface area (TPSA) is 55.1 Å². The Labute approximate surface area is 82.6 Å². The Morgan fingerprint density at radius 1 is 1.79 bits per heavy atom. The van der Waals surface area contributed by atoms with E-state index in [1.54, 1.807) is 6.20 Å². The summed E-state index contributed by atoms with van der Waals surface area (Å²) < 4.78 is 2.06. The summed E-state index contributed by atoms with van der Waals surface area (Å²) in [5.41, 5.74) is 0.832. The lowest BCUT2D eigenvalue weighted by atomic mass is 10.0. The standard InChI is InChI=1S/C10H14N2O2/c1-7-2-3-9-11-5-8(4-10(13)14)12(9)6-7/h5,7H,2-4,6H2,1H3,(H,13,14). The zero-order valence-electron chi connectivity index (χ0n) is 8.23. The molecule has 76 valence electrons. The molecular formula is C10H14N2O2. The van der Waals surface area contributed by atoms with E-state index in [2.05, 4.69) is 16.5 Å². The lowest BCUT2D eigenvalue weighted by Crippen LogP contribution is -2.20. The van der Waals surface area contributed by atoms with Crippen LogP contribution >= 0.6 is 0 Å². The maximum Gasteiger partial charge on any atom is 0.309 e. The molecule has 0 aliphatic carbocycles. The van der Waals surface area contributed by atoms with Crippen LogP contribution in [-0.2, 0) is 24.2 Å². The highest BCUT2D eigenvalue weighted by Crippen LogP contribution is 2.20. The van der Waals surface area contributed by atoms with Crippen LogP contribution in [0.3, 0.4) is 0 Å². The van der Waals surface area contributed by atoms with Crippen molar-refractivity contribution in [1.82, 2.24) is 9.55 Å². The number of carbonyl (C=O) groups is 1. The minimum atomic E-state index is -0.786. The summed E-state index contributed by atoms with van der Waals surface area (Å²) in [5, 5.41) is 8.71. The number of imidazole rings is 1. The van der Waals surface area contributed by atoms with Crippen LogP contribution in [-0.4, -0.2) is 20.6 Å². The van der Waals surface area contributed by atoms with Gasteiger partial charge in [0, 0.05) is 24.9 Å². The zero-order chi connectivity index (χ0) is 10.1. The number of carboxylic acid groups (broad SMARTS) is 1. The molecule has 4 nitrogen and oxygen atoms in total. The Kier molecular flexibility index (Phi) is 2.27. The van der Waals surface area contributed by atoms with Gasteiger partial charge in [0.1, 0.15) is 5.82 Å². The molecule has 0 aromatic carbocycles. The third-order valence-corrected chi connectivity index (χ3v) is 2.71. The fourth-order valence-electron chi connectivity index (χ4n) is 1.95. The van der Waals surface area contributed by atoms with Crippen molar-refractivity contribution in [2.45, 2.75) is 32.7 Å². The van der Waals surface area contributed by atoms with E-state index in [0.29, 0.717) is 5.92 Å². The van der Waals surface area contributed by atoms with Crippen LogP contribution < -0.4 is 0 Å². The molecule has 1 aliphatic rings. The largest absolute Gasteiger partial charge is 0.481 e. The number of aliphatic carboxylic acids is 1. The second-order valence-corrected chi connectivity index (χ2v) is 3.99. The van der Waals surface area contributed by atoms with Gasteiger partial charge in [-0.1, -0.05) is 6.92 Å². The van der Waals surface area contributed by atoms with Gasteiger partial charge in [0.05, 0.1) is 6.42 Å². The summed E-state index contributed by atoms with van der Waals surface area (Å²) >= 11 is 0. The van der Waals surface area contributed by atoms with E-state index in [1.807, 2.05) is 0 Å². The van der Waals surface area contributed by atoms with Gasteiger partial charge in [-0.25, -0.2) is 4.98 Å². The number of aromatic nitrogens is 2. The van der Waals surface area contributed by atoms with Gasteiger partial charge in [-0.3, -0.25) is 4.79 Å². The van der Waals surface area contributed by atoms with Gasteiger partial charge in [-0.05, 0) is 12.3 Å². The third kappa shape index (κ3) is 1.64. The number of hydrogen-bond donors (Lipinski definition) is 1. The first kappa shape index (κ1) is 9.24. The van der Waals surface area contributed by atoms with Crippen LogP contribution in [0.4, 0.5) is 0 Å². The fraction of sp³-hybridized carbons (Fsp3) is 0.600. The van der Waals surface area contributed by atoms with E-state index < -0.39 is 5.97 Å². The van der Waals surface area contributed by atoms with E-state index in [9.17, 15) is 4.79 Å². The predicted molar refractivity (Wildman–Crippen MR) is 51.1 cm³/mol. The molecule has 1 unspecified atom stereocenters.